The van der Waals surface area contributed by atoms with Gasteiger partial charge in [0.1, 0.15) is 6.29 Å². The van der Waals surface area contributed by atoms with Crippen LogP contribution in [-0.2, 0) is 38.4 Å². The van der Waals surface area contributed by atoms with Gasteiger partial charge in [-0.15, -0.1) is 0 Å². The van der Waals surface area contributed by atoms with Gasteiger partial charge in [-0.25, -0.2) is 0 Å². The van der Waals surface area contributed by atoms with Crippen LogP contribution in [0.3, 0.4) is 0 Å². The van der Waals surface area contributed by atoms with E-state index in [4.69, 9.17) is 5.73 Å². The molecule has 7 amide bonds. The minimum Gasteiger partial charge on any atom is -0.520 e. The molecule has 0 aromatic heterocycles. The van der Waals surface area contributed by atoms with Crippen molar-refractivity contribution in [3.63, 3.8) is 0 Å². The average Bonchev–Trinajstić information content (AvgIpc) is 2.91. The number of hydrogen-bond acceptors (Lipinski definition) is 10. The summed E-state index contributed by atoms with van der Waals surface area (Å²) in [5.41, 5.74) is 5.31. The minimum atomic E-state index is -0.488. The minimum absolute atomic E-state index is 0. The molecule has 0 aromatic carbocycles. The summed E-state index contributed by atoms with van der Waals surface area (Å²) in [5.74, 6) is -2.43. The largest absolute Gasteiger partial charge is 0.520 e. The monoisotopic (exact) mass is 857 g/mol. The quantitative estimate of drug-likeness (QED) is 0.0814. The second kappa shape index (κ2) is 22.6. The first kappa shape index (κ1) is 42.3. The van der Waals surface area contributed by atoms with Crippen LogP contribution in [0.5, 0.6) is 0 Å². The molecular weight excluding hydrogens is 811 g/mol. The Hall–Kier alpha value is -5.12. The van der Waals surface area contributed by atoms with Gasteiger partial charge in [-0.3, -0.25) is 28.8 Å². The van der Waals surface area contributed by atoms with Gasteiger partial charge in [-0.1, -0.05) is 0 Å². The molecule has 0 saturated heterocycles. The first-order chi connectivity index (χ1) is 19.5. The van der Waals surface area contributed by atoms with Crippen LogP contribution >= 0.6 is 0 Å². The molecule has 18 heteroatoms. The van der Waals surface area contributed by atoms with Crippen LogP contribution in [0.2, 0.25) is 0 Å². The Morgan fingerprint density at radius 3 is 1.21 bits per heavy atom. The van der Waals surface area contributed by atoms with E-state index in [0.717, 1.165) is 14.7 Å². The molecule has 0 aromatic rings. The van der Waals surface area contributed by atoms with Gasteiger partial charge < -0.3 is 54.9 Å². The van der Waals surface area contributed by atoms with Gasteiger partial charge in [0.2, 0.25) is 35.4 Å². The Bertz CT molecular complexity index is 938. The maximum absolute atomic E-state index is 12.5. The number of nitrogens with two attached hydrogens (primary N) is 1. The van der Waals surface area contributed by atoms with E-state index in [0.29, 0.717) is 12.8 Å². The number of hydrogen-bond donors (Lipinski definition) is 2. The molecule has 0 rings (SSSR count). The predicted molar refractivity (Wildman–Crippen MR) is 153 cm³/mol. The van der Waals surface area contributed by atoms with Crippen molar-refractivity contribution < 1.29 is 38.4 Å². The standard InChI is InChI=1S/C21H40N8O6.C4H6NO2.Fm/c1-24(2)11-17(31)26(4)13-19(33)28(6)15-21(35)29(7)14-20(34)27(5)12-18(32)25(3)10-16(30)23-9-8-22;1-5(4-7)2-3-6;/h8-15,22H2,1-7H3,(H,23,30);3H,2H2,1H3;/q;-1;. The molecule has 0 spiro atoms. The molecule has 43 heavy (non-hydrogen) atoms. The van der Waals surface area contributed by atoms with Crippen molar-refractivity contribution in [3.05, 3.63) is 0 Å². The molecule has 0 heterocycles. The van der Waals surface area contributed by atoms with E-state index >= 15 is 0 Å². The molecule has 0 saturated carbocycles. The van der Waals surface area contributed by atoms with E-state index < -0.39 is 23.6 Å². The van der Waals surface area contributed by atoms with E-state index in [1.807, 2.05) is 0 Å². The summed E-state index contributed by atoms with van der Waals surface area (Å²) < 4.78 is 0. The predicted octanol–water partition coefficient (Wildman–Crippen LogP) is -4.90. The summed E-state index contributed by atoms with van der Waals surface area (Å²) in [6.45, 7) is -0.331. The van der Waals surface area contributed by atoms with Gasteiger partial charge in [0, 0.05) is 54.9 Å². The fourth-order valence-electron chi connectivity index (χ4n) is 2.76. The fraction of sp³-hybridized carbons (Fsp3) is 0.680. The number of amides is 7. The van der Waals surface area contributed by atoms with Crippen molar-refractivity contribution >= 4 is 48.1 Å². The Morgan fingerprint density at radius 2 is 0.953 bits per heavy atom. The van der Waals surface area contributed by atoms with Gasteiger partial charge in [-0.2, -0.15) is 6.41 Å². The second-order valence-electron chi connectivity index (χ2n) is 9.76. The number of carbonyl (C=O) groups is 7. The first-order valence-electron chi connectivity index (χ1n) is 12.8. The maximum atomic E-state index is 12.5. The molecule has 3 N–H and O–H groups in total. The van der Waals surface area contributed by atoms with Crippen molar-refractivity contribution in [2.75, 3.05) is 115 Å². The molecule has 0 bridgehead atoms. The van der Waals surface area contributed by atoms with Gasteiger partial charge in [0.15, 0.2) is 0 Å². The van der Waals surface area contributed by atoms with Crippen LogP contribution in [0, 0.1) is 0 Å². The number of nitrogens with one attached hydrogen (secondary N) is 1. The van der Waals surface area contributed by atoms with Gasteiger partial charge >= 0.3 is 0 Å². The second-order valence-corrected chi connectivity index (χ2v) is 9.76. The zero-order chi connectivity index (χ0) is 33.0. The Morgan fingerprint density at radius 1 is 0.628 bits per heavy atom. The molecule has 252 valence electrons. The van der Waals surface area contributed by atoms with Crippen molar-refractivity contribution in [1.82, 2.24) is 39.6 Å². The summed E-state index contributed by atoms with van der Waals surface area (Å²) >= 11 is 0. The summed E-state index contributed by atoms with van der Waals surface area (Å²) in [6.07, 6.45) is 2.16. The molecule has 17 nitrogen and oxygen atoms in total. The third kappa shape index (κ3) is 19.6. The topological polar surface area (TPSA) is 197 Å². The maximum Gasteiger partial charge on any atom is 0.242 e. The molecular formula is C25H46FmN9O8-. The zero-order valence-corrected chi connectivity index (χ0v) is 28.6. The van der Waals surface area contributed by atoms with E-state index in [-0.39, 0.29) is 64.2 Å². The Labute approximate surface area is 247 Å². The average molecular weight is 858 g/mol. The van der Waals surface area contributed by atoms with Crippen molar-refractivity contribution in [3.8, 4) is 0 Å². The van der Waals surface area contributed by atoms with E-state index in [1.165, 1.54) is 63.4 Å². The molecule has 0 aliphatic rings. The van der Waals surface area contributed by atoms with E-state index in [1.54, 1.807) is 19.0 Å². The van der Waals surface area contributed by atoms with Crippen LogP contribution in [-0.4, -0.2) is 198 Å². The molecule has 0 aliphatic carbocycles. The fourth-order valence-corrected chi connectivity index (χ4v) is 2.76. The molecule has 0 atom stereocenters. The number of nitrogens with zero attached hydrogens (tertiary/aromatic N) is 7. The van der Waals surface area contributed by atoms with Crippen LogP contribution < -0.4 is 11.1 Å². The van der Waals surface area contributed by atoms with Crippen molar-refractivity contribution in [2.24, 2.45) is 5.73 Å². The molecule has 0 radical (unpaired) electrons. The smallest absolute Gasteiger partial charge is 0.242 e. The van der Waals surface area contributed by atoms with Gasteiger partial charge in [0.25, 0.3) is 0 Å². The third-order valence-corrected chi connectivity index (χ3v) is 5.42. The van der Waals surface area contributed by atoms with Crippen LogP contribution in [0.4, 0.5) is 0 Å². The molecule has 0 aliphatic heterocycles. The molecule has 0 unspecified atom stereocenters. The SMILES string of the molecule is CN(C)CC(=O)N(C)CC(=O)N(C)CC(=O)N(C)CC(=O)N(C)CC(=O)N(C)CC(=O)NCCN.CN([C-]=O)CC=O.[Fm]. The summed E-state index contributed by atoms with van der Waals surface area (Å²) in [4.78, 5) is 101. The third-order valence-electron chi connectivity index (χ3n) is 5.42. The van der Waals surface area contributed by atoms with E-state index in [2.05, 4.69) is 5.32 Å². The summed E-state index contributed by atoms with van der Waals surface area (Å²) in [5, 5.41) is 2.55. The Kier molecular flexibility index (Phi) is 22.2. The first-order valence-corrected chi connectivity index (χ1v) is 12.8. The van der Waals surface area contributed by atoms with Gasteiger partial charge in [-0.05, 0) is 21.1 Å². The van der Waals surface area contributed by atoms with Crippen LogP contribution in [0.15, 0.2) is 0 Å². The van der Waals surface area contributed by atoms with Gasteiger partial charge in [0.05, 0.1) is 39.3 Å². The summed E-state index contributed by atoms with van der Waals surface area (Å²) in [7, 11) is 12.2. The normalized spacial score (nSPS) is 9.72. The summed E-state index contributed by atoms with van der Waals surface area (Å²) in [6, 6.07) is 0. The molecule has 0 fully saturated rings. The van der Waals surface area contributed by atoms with E-state index in [9.17, 15) is 38.4 Å². The number of carbonyl (C=O) groups excluding carboxylic acids is 8. The van der Waals surface area contributed by atoms with Crippen LogP contribution in [0.25, 0.3) is 0 Å². The van der Waals surface area contributed by atoms with Crippen molar-refractivity contribution in [1.29, 1.82) is 0 Å². The van der Waals surface area contributed by atoms with Crippen LogP contribution in [0.1, 0.15) is 0 Å². The number of likely N-dealkylation sites (N-methyl/N-ethyl adjacent to an activating group) is 7. The zero-order valence-electron chi connectivity index (χ0n) is 26.2. The number of rotatable bonds is 17. The Balaban J connectivity index is -0.00000177. The number of aldehydes is 1. The van der Waals surface area contributed by atoms with Crippen molar-refractivity contribution in [2.45, 2.75) is 0 Å².